The first-order valence-corrected chi connectivity index (χ1v) is 5.37. The molecule has 0 unspecified atom stereocenters. The Balaban J connectivity index is 2.49. The van der Waals surface area contributed by atoms with E-state index in [4.69, 9.17) is 0 Å². The predicted molar refractivity (Wildman–Crippen MR) is 53.8 cm³/mol. The van der Waals surface area contributed by atoms with Gasteiger partial charge in [-0.1, -0.05) is 20.8 Å². The molecule has 0 aromatic rings. The fourth-order valence-electron chi connectivity index (χ4n) is 3.55. The summed E-state index contributed by atoms with van der Waals surface area (Å²) in [7, 11) is 0. The summed E-state index contributed by atoms with van der Waals surface area (Å²) in [5.41, 5.74) is -0.228. The Bertz CT molecular complexity index is 316. The summed E-state index contributed by atoms with van der Waals surface area (Å²) in [6.07, 6.45) is 2.01. The van der Waals surface area contributed by atoms with Crippen molar-refractivity contribution in [3.8, 4) is 0 Å². The zero-order valence-electron chi connectivity index (χ0n) is 9.39. The van der Waals surface area contributed by atoms with Crippen molar-refractivity contribution in [3.63, 3.8) is 0 Å². The minimum absolute atomic E-state index is 0.0143. The van der Waals surface area contributed by atoms with Crippen LogP contribution < -0.4 is 0 Å². The number of ketones is 2. The molecule has 0 amide bonds. The van der Waals surface area contributed by atoms with Gasteiger partial charge in [-0.15, -0.1) is 0 Å². The van der Waals surface area contributed by atoms with E-state index in [1.54, 1.807) is 6.92 Å². The molecule has 3 atom stereocenters. The first-order chi connectivity index (χ1) is 6.32. The fourth-order valence-corrected chi connectivity index (χ4v) is 3.55. The van der Waals surface area contributed by atoms with Crippen LogP contribution in [-0.2, 0) is 9.59 Å². The van der Waals surface area contributed by atoms with Crippen LogP contribution in [0.5, 0.6) is 0 Å². The molecule has 0 spiro atoms. The normalized spacial score (nSPS) is 44.4. The van der Waals surface area contributed by atoms with E-state index < -0.39 is 0 Å². The summed E-state index contributed by atoms with van der Waals surface area (Å²) in [6.45, 7) is 7.89. The second kappa shape index (κ2) is 2.47. The summed E-state index contributed by atoms with van der Waals surface area (Å²) in [5, 5.41) is 0. The molecule has 2 bridgehead atoms. The van der Waals surface area contributed by atoms with E-state index in [1.165, 1.54) is 0 Å². The highest BCUT2D eigenvalue weighted by molar-refractivity contribution is 6.07. The van der Waals surface area contributed by atoms with E-state index in [0.29, 0.717) is 0 Å². The molecule has 2 rings (SSSR count). The summed E-state index contributed by atoms with van der Waals surface area (Å²) < 4.78 is 0. The molecule has 0 aliphatic heterocycles. The Hall–Kier alpha value is -0.660. The lowest BCUT2D eigenvalue weighted by molar-refractivity contribution is -0.137. The number of carbonyl (C=O) groups is 2. The second-order valence-electron chi connectivity index (χ2n) is 5.65. The number of carbonyl (C=O) groups excluding carboxylic acids is 2. The second-order valence-corrected chi connectivity index (χ2v) is 5.65. The Kier molecular flexibility index (Phi) is 1.74. The standard InChI is InChI=1S/C12H18O2/c1-7(13)9-8-5-6-12(4,10(9)14)11(8,2)3/h8-9H,5-6H2,1-4H3/t8-,9-,12-/m0/s1. The van der Waals surface area contributed by atoms with Gasteiger partial charge >= 0.3 is 0 Å². The SMILES string of the molecule is CC(=O)[C@@H]1C(=O)[C@]2(C)CC[C@@H]1C2(C)C. The highest BCUT2D eigenvalue weighted by atomic mass is 16.2. The van der Waals surface area contributed by atoms with E-state index in [1.807, 2.05) is 6.92 Å². The zero-order chi connectivity index (χ0) is 10.7. The largest absolute Gasteiger partial charge is 0.299 e. The molecule has 2 aliphatic carbocycles. The third-order valence-corrected chi connectivity index (χ3v) is 4.97. The third kappa shape index (κ3) is 0.825. The molecule has 78 valence electrons. The molecule has 0 aromatic heterocycles. The van der Waals surface area contributed by atoms with E-state index >= 15 is 0 Å². The molecule has 2 fully saturated rings. The van der Waals surface area contributed by atoms with Crippen molar-refractivity contribution in [1.29, 1.82) is 0 Å². The molecule has 0 N–H and O–H groups in total. The van der Waals surface area contributed by atoms with Gasteiger partial charge in [0.15, 0.2) is 0 Å². The van der Waals surface area contributed by atoms with Crippen LogP contribution in [0.1, 0.15) is 40.5 Å². The highest BCUT2D eigenvalue weighted by Crippen LogP contribution is 2.65. The Morgan fingerprint density at radius 1 is 1.36 bits per heavy atom. The number of hydrogen-bond donors (Lipinski definition) is 0. The van der Waals surface area contributed by atoms with Crippen LogP contribution in [0.4, 0.5) is 0 Å². The summed E-state index contributed by atoms with van der Waals surface area (Å²) >= 11 is 0. The van der Waals surface area contributed by atoms with Gasteiger partial charge in [0.25, 0.3) is 0 Å². The molecule has 2 aliphatic rings. The van der Waals surface area contributed by atoms with E-state index in [-0.39, 0.29) is 34.2 Å². The number of fused-ring (bicyclic) bond motifs is 2. The van der Waals surface area contributed by atoms with Crippen LogP contribution in [0.3, 0.4) is 0 Å². The van der Waals surface area contributed by atoms with Crippen molar-refractivity contribution >= 4 is 11.6 Å². The topological polar surface area (TPSA) is 34.1 Å². The average molecular weight is 194 g/mol. The van der Waals surface area contributed by atoms with Crippen molar-refractivity contribution in [2.75, 3.05) is 0 Å². The van der Waals surface area contributed by atoms with Crippen molar-refractivity contribution in [1.82, 2.24) is 0 Å². The van der Waals surface area contributed by atoms with Gasteiger partial charge in [-0.25, -0.2) is 0 Å². The Morgan fingerprint density at radius 3 is 2.21 bits per heavy atom. The summed E-state index contributed by atoms with van der Waals surface area (Å²) in [4.78, 5) is 23.6. The minimum Gasteiger partial charge on any atom is -0.299 e. The average Bonchev–Trinajstić information content (AvgIpc) is 2.35. The van der Waals surface area contributed by atoms with Crippen LogP contribution in [-0.4, -0.2) is 11.6 Å². The van der Waals surface area contributed by atoms with E-state index in [0.717, 1.165) is 12.8 Å². The highest BCUT2D eigenvalue weighted by Gasteiger charge is 2.67. The fraction of sp³-hybridized carbons (Fsp3) is 0.833. The lowest BCUT2D eigenvalue weighted by atomic mass is 9.70. The van der Waals surface area contributed by atoms with Crippen LogP contribution in [0, 0.1) is 22.7 Å². The quantitative estimate of drug-likeness (QED) is 0.600. The lowest BCUT2D eigenvalue weighted by Gasteiger charge is -2.32. The van der Waals surface area contributed by atoms with Crippen LogP contribution in [0.2, 0.25) is 0 Å². The lowest BCUT2D eigenvalue weighted by Crippen LogP contribution is -2.34. The maximum absolute atomic E-state index is 12.1. The van der Waals surface area contributed by atoms with Gasteiger partial charge in [0.05, 0.1) is 5.92 Å². The summed E-state index contributed by atoms with van der Waals surface area (Å²) in [5.74, 6) is 0.254. The maximum atomic E-state index is 12.1. The van der Waals surface area contributed by atoms with Crippen LogP contribution in [0.15, 0.2) is 0 Å². The molecule has 0 saturated heterocycles. The number of Topliss-reactive ketones (excluding diaryl/α,β-unsaturated/α-hetero) is 2. The first-order valence-electron chi connectivity index (χ1n) is 5.37. The van der Waals surface area contributed by atoms with Gasteiger partial charge in [0.2, 0.25) is 0 Å². The molecule has 2 heteroatoms. The molecular formula is C12H18O2. The Morgan fingerprint density at radius 2 is 1.93 bits per heavy atom. The molecule has 2 saturated carbocycles. The molecule has 14 heavy (non-hydrogen) atoms. The minimum atomic E-state index is -0.302. The van der Waals surface area contributed by atoms with Crippen molar-refractivity contribution < 1.29 is 9.59 Å². The van der Waals surface area contributed by atoms with E-state index in [9.17, 15) is 9.59 Å². The van der Waals surface area contributed by atoms with Gasteiger partial charge < -0.3 is 0 Å². The van der Waals surface area contributed by atoms with Crippen molar-refractivity contribution in [2.24, 2.45) is 22.7 Å². The monoisotopic (exact) mass is 194 g/mol. The van der Waals surface area contributed by atoms with Crippen molar-refractivity contribution in [3.05, 3.63) is 0 Å². The molecule has 0 aromatic carbocycles. The van der Waals surface area contributed by atoms with Gasteiger partial charge in [0, 0.05) is 5.41 Å². The predicted octanol–water partition coefficient (Wildman–Crippen LogP) is 2.22. The molecule has 2 nitrogen and oxygen atoms in total. The van der Waals surface area contributed by atoms with Gasteiger partial charge in [-0.05, 0) is 31.1 Å². The third-order valence-electron chi connectivity index (χ3n) is 4.97. The zero-order valence-corrected chi connectivity index (χ0v) is 9.39. The van der Waals surface area contributed by atoms with Gasteiger partial charge in [-0.3, -0.25) is 9.59 Å². The van der Waals surface area contributed by atoms with E-state index in [2.05, 4.69) is 13.8 Å². The van der Waals surface area contributed by atoms with Crippen molar-refractivity contribution in [2.45, 2.75) is 40.5 Å². The van der Waals surface area contributed by atoms with Crippen LogP contribution >= 0.6 is 0 Å². The van der Waals surface area contributed by atoms with Crippen LogP contribution in [0.25, 0.3) is 0 Å². The summed E-state index contributed by atoms with van der Waals surface area (Å²) in [6, 6.07) is 0. The smallest absolute Gasteiger partial charge is 0.150 e. The molecular weight excluding hydrogens is 176 g/mol. The number of hydrogen-bond acceptors (Lipinski definition) is 2. The van der Waals surface area contributed by atoms with Gasteiger partial charge in [0.1, 0.15) is 11.6 Å². The maximum Gasteiger partial charge on any atom is 0.150 e. The molecule has 0 heterocycles. The number of rotatable bonds is 1. The Labute approximate surface area is 85.1 Å². The molecule has 0 radical (unpaired) electrons. The van der Waals surface area contributed by atoms with Gasteiger partial charge in [-0.2, -0.15) is 0 Å². The first kappa shape index (κ1) is 9.88.